The van der Waals surface area contributed by atoms with E-state index in [2.05, 4.69) is 43.7 Å². The smallest absolute Gasteiger partial charge is 0.165 e. The fourth-order valence-electron chi connectivity index (χ4n) is 3.73. The Balaban J connectivity index is 1.97. The third-order valence-electron chi connectivity index (χ3n) is 5.48. The van der Waals surface area contributed by atoms with Crippen molar-refractivity contribution in [2.24, 2.45) is 0 Å². The summed E-state index contributed by atoms with van der Waals surface area (Å²) in [4.78, 5) is 9.85. The van der Waals surface area contributed by atoms with Crippen molar-refractivity contribution >= 4 is 23.1 Å². The zero-order valence-corrected chi connectivity index (χ0v) is 18.1. The van der Waals surface area contributed by atoms with E-state index in [1.165, 1.54) is 0 Å². The summed E-state index contributed by atoms with van der Waals surface area (Å²) >= 11 is 6.54. The molecular formula is C22H28ClN5. The summed E-state index contributed by atoms with van der Waals surface area (Å²) in [6, 6.07) is 10.2. The molecule has 1 fully saturated rings. The number of anilines is 1. The molecule has 0 N–H and O–H groups in total. The molecule has 0 saturated carbocycles. The van der Waals surface area contributed by atoms with Crippen LogP contribution in [0.3, 0.4) is 0 Å². The molecule has 0 atom stereocenters. The highest BCUT2D eigenvalue weighted by Crippen LogP contribution is 2.36. The van der Waals surface area contributed by atoms with Gasteiger partial charge in [0.15, 0.2) is 5.65 Å². The average molecular weight is 398 g/mol. The number of hydrogen-bond acceptors (Lipinski definition) is 4. The lowest BCUT2D eigenvalue weighted by Gasteiger charge is -2.34. The Hall–Kier alpha value is -2.11. The highest BCUT2D eigenvalue weighted by Gasteiger charge is 2.26. The summed E-state index contributed by atoms with van der Waals surface area (Å²) in [5, 5.41) is 5.61. The zero-order chi connectivity index (χ0) is 20.1. The van der Waals surface area contributed by atoms with Gasteiger partial charge in [-0.25, -0.2) is 4.98 Å². The first-order valence-electron chi connectivity index (χ1n) is 9.85. The first kappa shape index (κ1) is 19.2. The van der Waals surface area contributed by atoms with E-state index in [0.29, 0.717) is 0 Å². The van der Waals surface area contributed by atoms with Crippen LogP contribution in [-0.2, 0) is 5.41 Å². The Morgan fingerprint density at radius 3 is 2.36 bits per heavy atom. The van der Waals surface area contributed by atoms with Gasteiger partial charge >= 0.3 is 0 Å². The van der Waals surface area contributed by atoms with Crippen LogP contribution < -0.4 is 4.90 Å². The largest absolute Gasteiger partial charge is 0.354 e. The van der Waals surface area contributed by atoms with Crippen LogP contribution in [0.5, 0.6) is 0 Å². The topological polar surface area (TPSA) is 36.7 Å². The van der Waals surface area contributed by atoms with Crippen LogP contribution >= 0.6 is 11.6 Å². The number of piperazine rings is 1. The lowest BCUT2D eigenvalue weighted by Crippen LogP contribution is -2.45. The zero-order valence-electron chi connectivity index (χ0n) is 17.3. The van der Waals surface area contributed by atoms with Crippen LogP contribution in [0.2, 0.25) is 5.02 Å². The molecule has 1 aromatic carbocycles. The first-order valence-corrected chi connectivity index (χ1v) is 10.2. The molecule has 0 unspecified atom stereocenters. The molecule has 0 bridgehead atoms. The molecule has 6 heteroatoms. The van der Waals surface area contributed by atoms with Gasteiger partial charge in [0.25, 0.3) is 0 Å². The molecule has 2 aromatic heterocycles. The Bertz CT molecular complexity index is 1010. The van der Waals surface area contributed by atoms with Gasteiger partial charge in [0.2, 0.25) is 0 Å². The van der Waals surface area contributed by atoms with E-state index in [1.54, 1.807) is 0 Å². The second-order valence-corrected chi connectivity index (χ2v) is 9.12. The maximum absolute atomic E-state index is 6.54. The predicted molar refractivity (Wildman–Crippen MR) is 117 cm³/mol. The van der Waals surface area contributed by atoms with Crippen molar-refractivity contribution < 1.29 is 0 Å². The van der Waals surface area contributed by atoms with Crippen LogP contribution in [0.25, 0.3) is 16.8 Å². The number of benzene rings is 1. The van der Waals surface area contributed by atoms with Gasteiger partial charge < -0.3 is 9.80 Å². The molecule has 4 rings (SSSR count). The molecule has 148 valence electrons. The monoisotopic (exact) mass is 397 g/mol. The van der Waals surface area contributed by atoms with Gasteiger partial charge in [-0.05, 0) is 20.0 Å². The number of halogens is 1. The van der Waals surface area contributed by atoms with Crippen molar-refractivity contribution in [2.75, 3.05) is 38.1 Å². The normalized spacial score (nSPS) is 16.1. The summed E-state index contributed by atoms with van der Waals surface area (Å²) in [6.07, 6.45) is 0. The van der Waals surface area contributed by atoms with Crippen molar-refractivity contribution in [3.05, 3.63) is 46.7 Å². The predicted octanol–water partition coefficient (Wildman–Crippen LogP) is 4.41. The molecule has 0 radical (unpaired) electrons. The van der Waals surface area contributed by atoms with Crippen molar-refractivity contribution in [3.8, 4) is 11.1 Å². The van der Waals surface area contributed by atoms with Gasteiger partial charge in [-0.3, -0.25) is 0 Å². The molecule has 1 aliphatic heterocycles. The van der Waals surface area contributed by atoms with Crippen molar-refractivity contribution in [1.82, 2.24) is 19.5 Å². The second kappa shape index (κ2) is 7.05. The Morgan fingerprint density at radius 1 is 1.04 bits per heavy atom. The van der Waals surface area contributed by atoms with Crippen LogP contribution in [-0.4, -0.2) is 52.7 Å². The maximum atomic E-state index is 6.54. The number of aryl methyl sites for hydroxylation is 1. The Morgan fingerprint density at radius 2 is 1.71 bits per heavy atom. The van der Waals surface area contributed by atoms with E-state index in [1.807, 2.05) is 35.7 Å². The van der Waals surface area contributed by atoms with Gasteiger partial charge in [0.1, 0.15) is 5.82 Å². The van der Waals surface area contributed by atoms with E-state index in [0.717, 1.165) is 65.2 Å². The van der Waals surface area contributed by atoms with Gasteiger partial charge in [0.05, 0.1) is 17.0 Å². The highest BCUT2D eigenvalue weighted by molar-refractivity contribution is 6.33. The molecule has 1 saturated heterocycles. The molecular weight excluding hydrogens is 370 g/mol. The molecule has 3 heterocycles. The summed E-state index contributed by atoms with van der Waals surface area (Å²) in [6.45, 7) is 12.7. The maximum Gasteiger partial charge on any atom is 0.165 e. The summed E-state index contributed by atoms with van der Waals surface area (Å²) in [7, 11) is 2.17. The minimum Gasteiger partial charge on any atom is -0.354 e. The van der Waals surface area contributed by atoms with E-state index >= 15 is 0 Å². The number of hydrogen-bond donors (Lipinski definition) is 0. The van der Waals surface area contributed by atoms with Gasteiger partial charge in [0, 0.05) is 48.2 Å². The number of rotatable bonds is 2. The third-order valence-corrected chi connectivity index (χ3v) is 5.81. The van der Waals surface area contributed by atoms with E-state index in [9.17, 15) is 0 Å². The fraction of sp³-hybridized carbons (Fsp3) is 0.455. The van der Waals surface area contributed by atoms with Crippen LogP contribution in [0.4, 0.5) is 5.82 Å². The number of fused-ring (bicyclic) bond motifs is 1. The van der Waals surface area contributed by atoms with Crippen molar-refractivity contribution in [3.63, 3.8) is 0 Å². The molecule has 1 aliphatic rings. The minimum atomic E-state index is -0.0565. The molecule has 5 nitrogen and oxygen atoms in total. The molecule has 0 aliphatic carbocycles. The van der Waals surface area contributed by atoms with Gasteiger partial charge in [-0.1, -0.05) is 50.6 Å². The SMILES string of the molecule is Cc1nn2c(N3CCN(C)CC3)cc(C(C)(C)C)nc2c1-c1ccccc1Cl. The average Bonchev–Trinajstić information content (AvgIpc) is 2.97. The van der Waals surface area contributed by atoms with Crippen molar-refractivity contribution in [1.29, 1.82) is 0 Å². The van der Waals surface area contributed by atoms with E-state index in [4.69, 9.17) is 21.7 Å². The van der Waals surface area contributed by atoms with Crippen molar-refractivity contribution in [2.45, 2.75) is 33.1 Å². The lowest BCUT2D eigenvalue weighted by atomic mass is 9.91. The molecule has 0 spiro atoms. The van der Waals surface area contributed by atoms with E-state index < -0.39 is 0 Å². The highest BCUT2D eigenvalue weighted by atomic mass is 35.5. The lowest BCUT2D eigenvalue weighted by molar-refractivity contribution is 0.311. The molecule has 0 amide bonds. The molecule has 28 heavy (non-hydrogen) atoms. The number of aromatic nitrogens is 3. The summed E-state index contributed by atoms with van der Waals surface area (Å²) in [5.41, 5.74) is 4.85. The first-order chi connectivity index (χ1) is 13.3. The quantitative estimate of drug-likeness (QED) is 0.641. The van der Waals surface area contributed by atoms with Gasteiger partial charge in [-0.2, -0.15) is 9.61 Å². The summed E-state index contributed by atoms with van der Waals surface area (Å²) < 4.78 is 2.01. The second-order valence-electron chi connectivity index (χ2n) is 8.72. The minimum absolute atomic E-state index is 0.0565. The molecule has 3 aromatic rings. The van der Waals surface area contributed by atoms with Gasteiger partial charge in [-0.15, -0.1) is 0 Å². The number of nitrogens with zero attached hydrogens (tertiary/aromatic N) is 5. The standard InChI is InChI=1S/C22H28ClN5/c1-15-20(16-8-6-7-9-17(16)23)21-24-18(22(2,3)4)14-19(28(21)25-15)27-12-10-26(5)11-13-27/h6-9,14H,10-13H2,1-5H3. The fourth-order valence-corrected chi connectivity index (χ4v) is 3.96. The van der Waals surface area contributed by atoms with Crippen LogP contribution in [0.15, 0.2) is 30.3 Å². The van der Waals surface area contributed by atoms with E-state index in [-0.39, 0.29) is 5.41 Å². The summed E-state index contributed by atoms with van der Waals surface area (Å²) in [5.74, 6) is 1.12. The van der Waals surface area contributed by atoms with Crippen LogP contribution in [0.1, 0.15) is 32.2 Å². The number of likely N-dealkylation sites (N-methyl/N-ethyl adjacent to an activating group) is 1. The Labute approximate surface area is 171 Å². The third kappa shape index (κ3) is 3.38. The Kier molecular flexibility index (Phi) is 4.84. The van der Waals surface area contributed by atoms with Crippen LogP contribution in [0, 0.1) is 6.92 Å².